The Kier molecular flexibility index (Phi) is 9.28. The van der Waals surface area contributed by atoms with Gasteiger partial charge in [0.2, 0.25) is 0 Å². The quantitative estimate of drug-likeness (QED) is 0.149. The number of benzene rings is 1. The number of nitro benzene ring substituents is 1. The smallest absolute Gasteiger partial charge is 0.286 e. The highest BCUT2D eigenvalue weighted by atomic mass is 32.2. The number of aromatic nitrogens is 4. The summed E-state index contributed by atoms with van der Waals surface area (Å²) in [6.07, 6.45) is 2.70. The van der Waals surface area contributed by atoms with Gasteiger partial charge in [0, 0.05) is 24.9 Å². The molecule has 3 aromatic rings. The average molecular weight is 518 g/mol. The lowest BCUT2D eigenvalue weighted by molar-refractivity contribution is -0.385. The maximum atomic E-state index is 12.8. The number of amides is 1. The molecule has 1 aromatic carbocycles. The maximum absolute atomic E-state index is 12.8. The van der Waals surface area contributed by atoms with E-state index < -0.39 is 10.8 Å². The predicted molar refractivity (Wildman–Crippen MR) is 138 cm³/mol. The summed E-state index contributed by atoms with van der Waals surface area (Å²) in [5.74, 6) is 1.84. The van der Waals surface area contributed by atoms with Gasteiger partial charge in [-0.3, -0.25) is 14.9 Å². The lowest BCUT2D eigenvalue weighted by atomic mass is 10.1. The van der Waals surface area contributed by atoms with Gasteiger partial charge in [0.25, 0.3) is 11.6 Å². The van der Waals surface area contributed by atoms with E-state index in [-0.39, 0.29) is 29.3 Å². The van der Waals surface area contributed by atoms with E-state index >= 15 is 0 Å². The second-order valence-electron chi connectivity index (χ2n) is 8.32. The number of carbonyl (C=O) groups is 1. The number of fused-ring (bicyclic) bond motifs is 1. The van der Waals surface area contributed by atoms with Crippen LogP contribution in [0.1, 0.15) is 37.6 Å². The maximum Gasteiger partial charge on any atom is 0.286 e. The van der Waals surface area contributed by atoms with E-state index in [9.17, 15) is 14.9 Å². The molecule has 13 heteroatoms. The summed E-state index contributed by atoms with van der Waals surface area (Å²) in [5.41, 5.74) is 0.158. The number of nitro groups is 1. The molecule has 0 aliphatic carbocycles. The fraction of sp³-hybridized carbons (Fsp3) is 0.478. The van der Waals surface area contributed by atoms with Crippen molar-refractivity contribution >= 4 is 40.2 Å². The standard InChI is InChI=1S/C23H31N7O5S/c1-6-9-36-23-27-20(25-12-14(2)3)16-13-26-29(21(16)28-23)8-7-24-22(31)15-10-18(34-4)19(35-5)11-17(15)30(32)33/h10-11,13-14H,6-9,12H2,1-5H3,(H,24,31)(H,25,27,28). The molecule has 2 heterocycles. The number of nitrogens with one attached hydrogen (secondary N) is 2. The predicted octanol–water partition coefficient (Wildman–Crippen LogP) is 3.75. The third-order valence-corrected chi connectivity index (χ3v) is 6.19. The normalized spacial score (nSPS) is 11.1. The van der Waals surface area contributed by atoms with Gasteiger partial charge in [-0.2, -0.15) is 5.10 Å². The Balaban J connectivity index is 1.80. The van der Waals surface area contributed by atoms with Crippen molar-refractivity contribution < 1.29 is 19.2 Å². The minimum Gasteiger partial charge on any atom is -0.493 e. The first kappa shape index (κ1) is 27.0. The highest BCUT2D eigenvalue weighted by Gasteiger charge is 2.24. The van der Waals surface area contributed by atoms with Crippen LogP contribution < -0.4 is 20.1 Å². The molecule has 0 unspecified atom stereocenters. The first-order valence-corrected chi connectivity index (χ1v) is 12.6. The van der Waals surface area contributed by atoms with Crippen LogP contribution in [-0.4, -0.2) is 63.6 Å². The summed E-state index contributed by atoms with van der Waals surface area (Å²) < 4.78 is 12.0. The molecule has 0 atom stereocenters. The molecule has 0 aliphatic heterocycles. The van der Waals surface area contributed by atoms with E-state index in [4.69, 9.17) is 9.47 Å². The Morgan fingerprint density at radius 3 is 2.58 bits per heavy atom. The van der Waals surface area contributed by atoms with Crippen molar-refractivity contribution in [3.8, 4) is 11.5 Å². The molecule has 2 aromatic heterocycles. The van der Waals surface area contributed by atoms with E-state index in [0.29, 0.717) is 23.3 Å². The van der Waals surface area contributed by atoms with Crippen LogP contribution in [0.5, 0.6) is 11.5 Å². The number of anilines is 1. The van der Waals surface area contributed by atoms with Crippen molar-refractivity contribution in [1.82, 2.24) is 25.1 Å². The van der Waals surface area contributed by atoms with Gasteiger partial charge in [-0.15, -0.1) is 0 Å². The Hall–Kier alpha value is -3.61. The first-order valence-electron chi connectivity index (χ1n) is 11.6. The molecule has 12 nitrogen and oxygen atoms in total. The zero-order chi connectivity index (χ0) is 26.2. The molecule has 2 N–H and O–H groups in total. The van der Waals surface area contributed by atoms with Crippen LogP contribution in [0.15, 0.2) is 23.5 Å². The third kappa shape index (κ3) is 6.33. The molecule has 36 heavy (non-hydrogen) atoms. The molecular weight excluding hydrogens is 486 g/mol. The van der Waals surface area contributed by atoms with E-state index in [1.807, 2.05) is 0 Å². The number of hydrogen-bond donors (Lipinski definition) is 2. The fourth-order valence-corrected chi connectivity index (χ4v) is 4.06. The molecule has 3 rings (SSSR count). The highest BCUT2D eigenvalue weighted by Crippen LogP contribution is 2.34. The third-order valence-electron chi connectivity index (χ3n) is 5.14. The lowest BCUT2D eigenvalue weighted by Gasteiger charge is -2.12. The first-order chi connectivity index (χ1) is 17.3. The van der Waals surface area contributed by atoms with E-state index in [2.05, 4.69) is 46.5 Å². The van der Waals surface area contributed by atoms with Gasteiger partial charge in [0.15, 0.2) is 22.3 Å². The lowest BCUT2D eigenvalue weighted by Crippen LogP contribution is -2.28. The summed E-state index contributed by atoms with van der Waals surface area (Å²) in [4.78, 5) is 33.1. The van der Waals surface area contributed by atoms with Crippen molar-refractivity contribution in [2.24, 2.45) is 5.92 Å². The molecule has 0 spiro atoms. The Bertz CT molecular complexity index is 1230. The van der Waals surface area contributed by atoms with Crippen molar-refractivity contribution in [2.45, 2.75) is 38.9 Å². The monoisotopic (exact) mass is 517 g/mol. The number of ether oxygens (including phenoxy) is 2. The van der Waals surface area contributed by atoms with Crippen LogP contribution in [-0.2, 0) is 6.54 Å². The van der Waals surface area contributed by atoms with Crippen molar-refractivity contribution in [3.05, 3.63) is 34.0 Å². The number of methoxy groups -OCH3 is 2. The van der Waals surface area contributed by atoms with Gasteiger partial charge in [-0.05, 0) is 12.3 Å². The fourth-order valence-electron chi connectivity index (χ4n) is 3.36. The molecule has 0 aliphatic rings. The summed E-state index contributed by atoms with van der Waals surface area (Å²) in [5, 5.41) is 23.5. The van der Waals surface area contributed by atoms with Crippen LogP contribution in [0.25, 0.3) is 11.0 Å². The van der Waals surface area contributed by atoms with Crippen LogP contribution in [0.2, 0.25) is 0 Å². The second kappa shape index (κ2) is 12.4. The molecule has 0 saturated heterocycles. The molecule has 0 bridgehead atoms. The van der Waals surface area contributed by atoms with Gasteiger partial charge in [0.05, 0.1) is 43.3 Å². The van der Waals surface area contributed by atoms with E-state index in [1.165, 1.54) is 26.4 Å². The number of hydrogen-bond acceptors (Lipinski definition) is 10. The minimum absolute atomic E-state index is 0.122. The van der Waals surface area contributed by atoms with Crippen LogP contribution in [0.3, 0.4) is 0 Å². The van der Waals surface area contributed by atoms with Crippen molar-refractivity contribution in [1.29, 1.82) is 0 Å². The summed E-state index contributed by atoms with van der Waals surface area (Å²) in [6, 6.07) is 2.47. The number of thioether (sulfide) groups is 1. The molecule has 0 radical (unpaired) electrons. The second-order valence-corrected chi connectivity index (χ2v) is 9.38. The van der Waals surface area contributed by atoms with E-state index in [1.54, 1.807) is 22.6 Å². The van der Waals surface area contributed by atoms with Crippen molar-refractivity contribution in [2.75, 3.05) is 38.4 Å². The van der Waals surface area contributed by atoms with Crippen LogP contribution >= 0.6 is 11.8 Å². The highest BCUT2D eigenvalue weighted by molar-refractivity contribution is 7.99. The SMILES string of the molecule is CCCSc1nc(NCC(C)C)c2cnn(CCNC(=O)c3cc(OC)c(OC)cc3[N+](=O)[O-])c2n1. The van der Waals surface area contributed by atoms with Gasteiger partial charge in [-0.1, -0.05) is 32.5 Å². The molecular formula is C23H31N7O5S. The molecule has 1 amide bonds. The van der Waals surface area contributed by atoms with Gasteiger partial charge in [-0.25, -0.2) is 14.6 Å². The zero-order valence-electron chi connectivity index (χ0n) is 21.0. The topological polar surface area (TPSA) is 146 Å². The summed E-state index contributed by atoms with van der Waals surface area (Å²) in [6.45, 7) is 7.58. The van der Waals surface area contributed by atoms with Crippen LogP contribution in [0.4, 0.5) is 11.5 Å². The van der Waals surface area contributed by atoms with Gasteiger partial charge < -0.3 is 20.1 Å². The number of rotatable bonds is 13. The largest absolute Gasteiger partial charge is 0.493 e. The Morgan fingerprint density at radius 2 is 1.94 bits per heavy atom. The van der Waals surface area contributed by atoms with Gasteiger partial charge >= 0.3 is 0 Å². The van der Waals surface area contributed by atoms with Crippen LogP contribution in [0, 0.1) is 16.0 Å². The van der Waals surface area contributed by atoms with Crippen molar-refractivity contribution in [3.63, 3.8) is 0 Å². The molecule has 194 valence electrons. The minimum atomic E-state index is -0.629. The number of nitrogens with zero attached hydrogens (tertiary/aromatic N) is 5. The summed E-state index contributed by atoms with van der Waals surface area (Å²) in [7, 11) is 2.77. The van der Waals surface area contributed by atoms with Gasteiger partial charge in [0.1, 0.15) is 11.4 Å². The number of carbonyl (C=O) groups excluding carboxylic acids is 1. The summed E-state index contributed by atoms with van der Waals surface area (Å²) >= 11 is 1.57. The molecule has 0 fully saturated rings. The Labute approximate surface area is 213 Å². The average Bonchev–Trinajstić information content (AvgIpc) is 3.27. The van der Waals surface area contributed by atoms with E-state index in [0.717, 1.165) is 29.9 Å². The molecule has 0 saturated carbocycles. The zero-order valence-corrected chi connectivity index (χ0v) is 21.8. The Morgan fingerprint density at radius 1 is 1.22 bits per heavy atom.